The molecule has 1 aromatic heterocycles. The van der Waals surface area contributed by atoms with Crippen LogP contribution in [0.3, 0.4) is 0 Å². The van der Waals surface area contributed by atoms with Gasteiger partial charge < -0.3 is 10.6 Å². The van der Waals surface area contributed by atoms with Crippen LogP contribution < -0.4 is 10.6 Å². The van der Waals surface area contributed by atoms with Crippen molar-refractivity contribution in [3.63, 3.8) is 0 Å². The molecule has 0 bridgehead atoms. The average molecular weight is 337 g/mol. The van der Waals surface area contributed by atoms with E-state index in [2.05, 4.69) is 10.6 Å². The van der Waals surface area contributed by atoms with Crippen LogP contribution in [-0.2, 0) is 9.59 Å². The Bertz CT molecular complexity index is 626. The minimum atomic E-state index is -0.255. The molecule has 2 aromatic rings. The predicted molar refractivity (Wildman–Crippen MR) is 89.1 cm³/mol. The zero-order valence-corrected chi connectivity index (χ0v) is 13.7. The van der Waals surface area contributed by atoms with Crippen molar-refractivity contribution < 1.29 is 9.59 Å². The van der Waals surface area contributed by atoms with Crippen molar-refractivity contribution >= 4 is 34.8 Å². The molecule has 0 radical (unpaired) electrons. The van der Waals surface area contributed by atoms with Crippen LogP contribution in [0.5, 0.6) is 0 Å². The lowest BCUT2D eigenvalue weighted by atomic mass is 10.0. The number of halogens is 1. The number of hydrogen-bond acceptors (Lipinski definition) is 3. The number of carbonyl (C=O) groups is 2. The first kappa shape index (κ1) is 16.5. The Balaban J connectivity index is 2.10. The second-order valence-corrected chi connectivity index (χ2v) is 5.96. The SMILES string of the molecule is CCC(=O)NCC(=O)NC(c1ccc(Cl)cc1)c1ccsc1. The van der Waals surface area contributed by atoms with Crippen LogP contribution in [-0.4, -0.2) is 18.4 Å². The second-order valence-electron chi connectivity index (χ2n) is 4.74. The zero-order valence-electron chi connectivity index (χ0n) is 12.1. The summed E-state index contributed by atoms with van der Waals surface area (Å²) >= 11 is 7.48. The quantitative estimate of drug-likeness (QED) is 0.851. The van der Waals surface area contributed by atoms with Crippen LogP contribution in [0.25, 0.3) is 0 Å². The molecule has 0 saturated carbocycles. The summed E-state index contributed by atoms with van der Waals surface area (Å²) in [6.07, 6.45) is 0.360. The summed E-state index contributed by atoms with van der Waals surface area (Å²) in [6, 6.07) is 9.07. The van der Waals surface area contributed by atoms with Gasteiger partial charge in [-0.05, 0) is 40.1 Å². The molecule has 1 unspecified atom stereocenters. The molecule has 6 heteroatoms. The topological polar surface area (TPSA) is 58.2 Å². The predicted octanol–water partition coefficient (Wildman–Crippen LogP) is 3.13. The molecule has 2 rings (SSSR count). The standard InChI is InChI=1S/C16H17ClN2O2S/c1-2-14(20)18-9-15(21)19-16(12-7-8-22-10-12)11-3-5-13(17)6-4-11/h3-8,10,16H,2,9H2,1H3,(H,18,20)(H,19,21). The number of rotatable bonds is 6. The number of carbonyl (C=O) groups excluding carboxylic acids is 2. The van der Waals surface area contributed by atoms with Crippen LogP contribution in [0.2, 0.25) is 5.02 Å². The van der Waals surface area contributed by atoms with Crippen molar-refractivity contribution in [2.45, 2.75) is 19.4 Å². The highest BCUT2D eigenvalue weighted by Crippen LogP contribution is 2.25. The third-order valence-electron chi connectivity index (χ3n) is 3.15. The highest BCUT2D eigenvalue weighted by Gasteiger charge is 2.17. The summed E-state index contributed by atoms with van der Waals surface area (Å²) in [5.41, 5.74) is 1.94. The molecule has 1 atom stereocenters. The molecule has 1 heterocycles. The molecule has 4 nitrogen and oxygen atoms in total. The van der Waals surface area contributed by atoms with Crippen molar-refractivity contribution in [2.24, 2.45) is 0 Å². The van der Waals surface area contributed by atoms with Gasteiger partial charge in [0.2, 0.25) is 11.8 Å². The maximum absolute atomic E-state index is 12.1. The number of hydrogen-bond donors (Lipinski definition) is 2. The van der Waals surface area contributed by atoms with Gasteiger partial charge in [0.05, 0.1) is 12.6 Å². The number of nitrogens with one attached hydrogen (secondary N) is 2. The fourth-order valence-corrected chi connectivity index (χ4v) is 2.78. The normalized spacial score (nSPS) is 11.7. The summed E-state index contributed by atoms with van der Waals surface area (Å²) in [7, 11) is 0. The Labute approximate surface area is 138 Å². The maximum Gasteiger partial charge on any atom is 0.240 e. The highest BCUT2D eigenvalue weighted by molar-refractivity contribution is 7.08. The van der Waals surface area contributed by atoms with E-state index in [4.69, 9.17) is 11.6 Å². The summed E-state index contributed by atoms with van der Waals surface area (Å²) in [6.45, 7) is 1.72. The largest absolute Gasteiger partial charge is 0.347 e. The maximum atomic E-state index is 12.1. The molecule has 0 saturated heterocycles. The van der Waals surface area contributed by atoms with Crippen LogP contribution in [0.4, 0.5) is 0 Å². The molecule has 0 aliphatic heterocycles. The van der Waals surface area contributed by atoms with E-state index in [0.29, 0.717) is 11.4 Å². The third kappa shape index (κ3) is 4.58. The monoisotopic (exact) mass is 336 g/mol. The average Bonchev–Trinajstić information content (AvgIpc) is 3.05. The summed E-state index contributed by atoms with van der Waals surface area (Å²) < 4.78 is 0. The summed E-state index contributed by atoms with van der Waals surface area (Å²) in [5.74, 6) is -0.373. The van der Waals surface area contributed by atoms with Gasteiger partial charge in [-0.1, -0.05) is 30.7 Å². The van der Waals surface area contributed by atoms with E-state index in [1.807, 2.05) is 29.0 Å². The minimum absolute atomic E-state index is 0.0269. The molecule has 0 aliphatic rings. The first-order valence-electron chi connectivity index (χ1n) is 6.93. The van der Waals surface area contributed by atoms with Crippen LogP contribution in [0.15, 0.2) is 41.1 Å². The van der Waals surface area contributed by atoms with Gasteiger partial charge in [-0.25, -0.2) is 0 Å². The molecule has 1 aromatic carbocycles. The lowest BCUT2D eigenvalue weighted by molar-refractivity contribution is -0.126. The zero-order chi connectivity index (χ0) is 15.9. The van der Waals surface area contributed by atoms with Crippen molar-refractivity contribution in [3.8, 4) is 0 Å². The lowest BCUT2D eigenvalue weighted by Gasteiger charge is -2.19. The van der Waals surface area contributed by atoms with Crippen molar-refractivity contribution in [3.05, 3.63) is 57.2 Å². The molecule has 2 N–H and O–H groups in total. The third-order valence-corrected chi connectivity index (χ3v) is 4.11. The van der Waals surface area contributed by atoms with E-state index < -0.39 is 0 Å². The molecule has 2 amide bonds. The molecule has 0 spiro atoms. The smallest absolute Gasteiger partial charge is 0.240 e. The first-order valence-corrected chi connectivity index (χ1v) is 8.26. The summed E-state index contributed by atoms with van der Waals surface area (Å²) in [5, 5.41) is 10.1. The van der Waals surface area contributed by atoms with Crippen molar-refractivity contribution in [1.82, 2.24) is 10.6 Å². The molecular formula is C16H17ClN2O2S. The van der Waals surface area contributed by atoms with Crippen LogP contribution >= 0.6 is 22.9 Å². The Kier molecular flexibility index (Phi) is 5.98. The van der Waals surface area contributed by atoms with Gasteiger partial charge in [0.15, 0.2) is 0 Å². The molecule has 22 heavy (non-hydrogen) atoms. The van der Waals surface area contributed by atoms with Gasteiger partial charge in [0.1, 0.15) is 0 Å². The second kappa shape index (κ2) is 7.96. The van der Waals surface area contributed by atoms with E-state index in [-0.39, 0.29) is 24.4 Å². The van der Waals surface area contributed by atoms with E-state index in [0.717, 1.165) is 11.1 Å². The number of amides is 2. The summed E-state index contributed by atoms with van der Waals surface area (Å²) in [4.78, 5) is 23.3. The van der Waals surface area contributed by atoms with Gasteiger partial charge >= 0.3 is 0 Å². The van der Waals surface area contributed by atoms with Crippen molar-refractivity contribution in [2.75, 3.05) is 6.54 Å². The Morgan fingerprint density at radius 3 is 2.45 bits per heavy atom. The Morgan fingerprint density at radius 2 is 1.86 bits per heavy atom. The van der Waals surface area contributed by atoms with Gasteiger partial charge in [0, 0.05) is 11.4 Å². The van der Waals surface area contributed by atoms with Gasteiger partial charge in [-0.2, -0.15) is 11.3 Å². The van der Waals surface area contributed by atoms with Gasteiger partial charge in [-0.3, -0.25) is 9.59 Å². The Morgan fingerprint density at radius 1 is 1.14 bits per heavy atom. The van der Waals surface area contributed by atoms with Gasteiger partial charge in [-0.15, -0.1) is 0 Å². The van der Waals surface area contributed by atoms with Crippen LogP contribution in [0, 0.1) is 0 Å². The van der Waals surface area contributed by atoms with Crippen LogP contribution in [0.1, 0.15) is 30.5 Å². The number of benzene rings is 1. The fourth-order valence-electron chi connectivity index (χ4n) is 1.97. The lowest BCUT2D eigenvalue weighted by Crippen LogP contribution is -2.38. The Hall–Kier alpha value is -1.85. The first-order chi connectivity index (χ1) is 10.6. The molecular weight excluding hydrogens is 320 g/mol. The molecule has 0 fully saturated rings. The van der Waals surface area contributed by atoms with Crippen molar-refractivity contribution in [1.29, 1.82) is 0 Å². The molecule has 116 valence electrons. The highest BCUT2D eigenvalue weighted by atomic mass is 35.5. The minimum Gasteiger partial charge on any atom is -0.347 e. The van der Waals surface area contributed by atoms with E-state index in [1.165, 1.54) is 0 Å². The van der Waals surface area contributed by atoms with Gasteiger partial charge in [0.25, 0.3) is 0 Å². The van der Waals surface area contributed by atoms with E-state index >= 15 is 0 Å². The fraction of sp³-hybridized carbons (Fsp3) is 0.250. The van der Waals surface area contributed by atoms with E-state index in [9.17, 15) is 9.59 Å². The number of thiophene rings is 1. The molecule has 0 aliphatic carbocycles. The van der Waals surface area contributed by atoms with E-state index in [1.54, 1.807) is 30.4 Å².